The van der Waals surface area contributed by atoms with Crippen LogP contribution in [0.1, 0.15) is 18.4 Å². The van der Waals surface area contributed by atoms with Gasteiger partial charge in [-0.15, -0.1) is 5.92 Å². The van der Waals surface area contributed by atoms with Crippen molar-refractivity contribution in [3.8, 4) is 0 Å². The van der Waals surface area contributed by atoms with Gasteiger partial charge >= 0.3 is 23.1 Å². The Morgan fingerprint density at radius 2 is 1.64 bits per heavy atom. The van der Waals surface area contributed by atoms with E-state index in [1.54, 1.807) is 0 Å². The molecule has 0 fully saturated rings. The van der Waals surface area contributed by atoms with E-state index in [0.717, 1.165) is 0 Å². The van der Waals surface area contributed by atoms with Crippen LogP contribution in [-0.2, 0) is 0 Å². The summed E-state index contributed by atoms with van der Waals surface area (Å²) in [5, 5.41) is 0. The molecule has 0 aromatic heterocycles. The zero-order valence-corrected chi connectivity index (χ0v) is 9.76. The molecule has 1 aromatic rings. The van der Waals surface area contributed by atoms with Gasteiger partial charge in [0.1, 0.15) is 0 Å². The van der Waals surface area contributed by atoms with Crippen LogP contribution in [0.4, 0.5) is 0 Å². The summed E-state index contributed by atoms with van der Waals surface area (Å²) in [6.07, 6.45) is 0. The van der Waals surface area contributed by atoms with Crippen LogP contribution in [0, 0.1) is 6.92 Å². The minimum atomic E-state index is 0. The van der Waals surface area contributed by atoms with Gasteiger partial charge in [0.05, 0.1) is 0 Å². The molecule has 0 nitrogen and oxygen atoms in total. The van der Waals surface area contributed by atoms with Crippen molar-refractivity contribution in [1.29, 1.82) is 0 Å². The molecule has 0 aliphatic carbocycles. The Balaban J connectivity index is 0. The van der Waals surface area contributed by atoms with Crippen molar-refractivity contribution in [3.05, 3.63) is 42.8 Å². The summed E-state index contributed by atoms with van der Waals surface area (Å²) in [6, 6.07) is 10.3. The first-order chi connectivity index (χ1) is 4.30. The fourth-order valence-corrected chi connectivity index (χ4v) is 0.782. The summed E-state index contributed by atoms with van der Waals surface area (Å²) in [4.78, 5) is 0. The van der Waals surface area contributed by atoms with Crippen molar-refractivity contribution in [1.82, 2.24) is 0 Å². The molecule has 0 saturated heterocycles. The van der Waals surface area contributed by atoms with Crippen LogP contribution in [0.3, 0.4) is 0 Å². The van der Waals surface area contributed by atoms with Crippen molar-refractivity contribution in [2.75, 3.05) is 0 Å². The molecule has 1 aromatic carbocycles. The fourth-order valence-electron chi connectivity index (χ4n) is 0.782. The Bertz CT molecular complexity index is 172. The van der Waals surface area contributed by atoms with Crippen molar-refractivity contribution in [3.63, 3.8) is 0 Å². The molecule has 0 N–H and O–H groups in total. The Labute approximate surface area is 95.3 Å². The smallest absolute Gasteiger partial charge is 1.00 e. The Morgan fingerprint density at radius 1 is 1.18 bits per heavy atom. The van der Waals surface area contributed by atoms with E-state index in [1.165, 1.54) is 5.56 Å². The Kier molecular flexibility index (Phi) is 9.09. The number of rotatable bonds is 1. The number of halogens is 1. The number of hydrogen-bond donors (Lipinski definition) is 0. The van der Waals surface area contributed by atoms with Gasteiger partial charge in [-0.05, 0) is 0 Å². The molecule has 11 heavy (non-hydrogen) atoms. The molecule has 1 atom stereocenters. The third kappa shape index (κ3) is 4.83. The van der Waals surface area contributed by atoms with Gasteiger partial charge in [-0.1, -0.05) is 42.8 Å². The Morgan fingerprint density at radius 3 is 1.91 bits per heavy atom. The van der Waals surface area contributed by atoms with Crippen molar-refractivity contribution >= 4 is 23.1 Å². The van der Waals surface area contributed by atoms with Crippen LogP contribution in [-0.4, -0.2) is 23.1 Å². The van der Waals surface area contributed by atoms with E-state index in [0.29, 0.717) is 5.92 Å². The maximum absolute atomic E-state index is 3.91. The minimum absolute atomic E-state index is 0. The maximum atomic E-state index is 3.91. The van der Waals surface area contributed by atoms with Crippen LogP contribution in [0.25, 0.3) is 0 Å². The number of hydrogen-bond acceptors (Lipinski definition) is 0. The zero-order valence-electron chi connectivity index (χ0n) is 6.76. The van der Waals surface area contributed by atoms with Crippen LogP contribution in [0.15, 0.2) is 30.3 Å². The van der Waals surface area contributed by atoms with E-state index in [9.17, 15) is 0 Å². The molecule has 0 amide bonds. The normalized spacial score (nSPS) is 10.7. The van der Waals surface area contributed by atoms with Crippen molar-refractivity contribution < 1.29 is 17.0 Å². The molecule has 2 heteroatoms. The first-order valence-electron chi connectivity index (χ1n) is 3.18. The average molecular weight is 223 g/mol. The van der Waals surface area contributed by atoms with Crippen LogP contribution in [0.2, 0.25) is 0 Å². The van der Waals surface area contributed by atoms with E-state index >= 15 is 0 Å². The van der Waals surface area contributed by atoms with Gasteiger partial charge < -0.3 is 23.9 Å². The van der Waals surface area contributed by atoms with Gasteiger partial charge in [0, 0.05) is 0 Å². The molecule has 0 spiro atoms. The third-order valence-electron chi connectivity index (χ3n) is 1.37. The second-order valence-electron chi connectivity index (χ2n) is 2.31. The summed E-state index contributed by atoms with van der Waals surface area (Å²) in [7, 11) is 0. The topological polar surface area (TPSA) is 0 Å². The molecule has 0 unspecified atom stereocenters. The molecule has 0 saturated carbocycles. The molecule has 56 valence electrons. The van der Waals surface area contributed by atoms with E-state index < -0.39 is 0 Å². The average Bonchev–Trinajstić information content (AvgIpc) is 1.90. The largest absolute Gasteiger partial charge is 2.00 e. The van der Waals surface area contributed by atoms with Gasteiger partial charge in [0.2, 0.25) is 0 Å². The van der Waals surface area contributed by atoms with Crippen LogP contribution >= 0.6 is 0 Å². The van der Waals surface area contributed by atoms with Crippen LogP contribution in [0.5, 0.6) is 0 Å². The Hall–Kier alpha value is 0.466. The predicted molar refractivity (Wildman–Crippen MR) is 46.0 cm³/mol. The van der Waals surface area contributed by atoms with Gasteiger partial charge in [-0.3, -0.25) is 0 Å². The van der Waals surface area contributed by atoms with Crippen LogP contribution < -0.4 is 17.0 Å². The molecule has 0 heterocycles. The summed E-state index contributed by atoms with van der Waals surface area (Å²) in [6.45, 7) is 6.00. The predicted octanol–water partition coefficient (Wildman–Crippen LogP) is -0.753. The molecule has 0 radical (unpaired) electrons. The SMILES string of the molecule is [Br-].[CH2-][C@H](C)c1ccccc1.[Mg+2]. The third-order valence-corrected chi connectivity index (χ3v) is 1.37. The standard InChI is InChI=1S/C9H11.BrH.Mg/c1-8(2)9-6-4-3-5-7-9;;/h3-8H,1H2,2H3;1H;/q-1;;+2/p-1/t8-;;/m1../s1. The molecule has 0 aliphatic rings. The monoisotopic (exact) mass is 222 g/mol. The first-order valence-corrected chi connectivity index (χ1v) is 3.18. The minimum Gasteiger partial charge on any atom is -1.00 e. The molecule has 0 aliphatic heterocycles. The zero-order chi connectivity index (χ0) is 6.69. The van der Waals surface area contributed by atoms with Gasteiger partial charge in [0.15, 0.2) is 0 Å². The molecular formula is C9H11BrMg. The van der Waals surface area contributed by atoms with E-state index in [2.05, 4.69) is 26.0 Å². The summed E-state index contributed by atoms with van der Waals surface area (Å²) >= 11 is 0. The quantitative estimate of drug-likeness (QED) is 0.434. The second-order valence-corrected chi connectivity index (χ2v) is 2.31. The summed E-state index contributed by atoms with van der Waals surface area (Å²) < 4.78 is 0. The maximum Gasteiger partial charge on any atom is 2.00 e. The fraction of sp³-hybridized carbons (Fsp3) is 0.222. The summed E-state index contributed by atoms with van der Waals surface area (Å²) in [5.74, 6) is 0.409. The molecule has 0 bridgehead atoms. The second kappa shape index (κ2) is 7.13. The van der Waals surface area contributed by atoms with E-state index in [4.69, 9.17) is 0 Å². The van der Waals surface area contributed by atoms with Crippen molar-refractivity contribution in [2.24, 2.45) is 0 Å². The van der Waals surface area contributed by atoms with E-state index in [-0.39, 0.29) is 40.0 Å². The first kappa shape index (κ1) is 14.0. The van der Waals surface area contributed by atoms with Gasteiger partial charge in [-0.25, -0.2) is 0 Å². The molecule has 1 rings (SSSR count). The summed E-state index contributed by atoms with van der Waals surface area (Å²) in [5.41, 5.74) is 1.30. The van der Waals surface area contributed by atoms with Gasteiger partial charge in [-0.2, -0.15) is 0 Å². The molecular weight excluding hydrogens is 212 g/mol. The number of benzene rings is 1. The van der Waals surface area contributed by atoms with E-state index in [1.807, 2.05) is 18.2 Å². The van der Waals surface area contributed by atoms with Gasteiger partial charge in [0.25, 0.3) is 0 Å². The van der Waals surface area contributed by atoms with Crippen molar-refractivity contribution in [2.45, 2.75) is 12.8 Å².